The summed E-state index contributed by atoms with van der Waals surface area (Å²) in [6.07, 6.45) is 6.99. The SMILES string of the molecule is CCCC1CC1NC1=NCC(C2CC2)S1. The first kappa shape index (κ1) is 10.0. The summed E-state index contributed by atoms with van der Waals surface area (Å²) in [5.41, 5.74) is 0. The van der Waals surface area contributed by atoms with Crippen LogP contribution >= 0.6 is 11.8 Å². The zero-order valence-electron chi connectivity index (χ0n) is 9.41. The minimum atomic E-state index is 0.758. The van der Waals surface area contributed by atoms with Gasteiger partial charge < -0.3 is 5.32 Å². The average molecular weight is 224 g/mol. The van der Waals surface area contributed by atoms with Crippen molar-refractivity contribution < 1.29 is 0 Å². The normalized spacial score (nSPS) is 39.0. The summed E-state index contributed by atoms with van der Waals surface area (Å²) in [6, 6.07) is 0.758. The van der Waals surface area contributed by atoms with Crippen LogP contribution in [0.15, 0.2) is 4.99 Å². The Balaban J connectivity index is 1.41. The van der Waals surface area contributed by atoms with Crippen LogP contribution < -0.4 is 5.32 Å². The lowest BCUT2D eigenvalue weighted by Crippen LogP contribution is -2.23. The molecule has 2 fully saturated rings. The van der Waals surface area contributed by atoms with Crippen molar-refractivity contribution in [2.45, 2.75) is 50.3 Å². The highest BCUT2D eigenvalue weighted by atomic mass is 32.2. The van der Waals surface area contributed by atoms with Gasteiger partial charge in [-0.3, -0.25) is 4.99 Å². The van der Waals surface area contributed by atoms with E-state index in [-0.39, 0.29) is 0 Å². The Kier molecular flexibility index (Phi) is 2.67. The van der Waals surface area contributed by atoms with Crippen LogP contribution in [-0.4, -0.2) is 23.0 Å². The molecular formula is C12H20N2S. The molecule has 3 atom stereocenters. The van der Waals surface area contributed by atoms with Gasteiger partial charge in [0.2, 0.25) is 0 Å². The van der Waals surface area contributed by atoms with Gasteiger partial charge in [-0.1, -0.05) is 25.1 Å². The van der Waals surface area contributed by atoms with Crippen molar-refractivity contribution in [3.63, 3.8) is 0 Å². The van der Waals surface area contributed by atoms with Crippen molar-refractivity contribution in [3.8, 4) is 0 Å². The van der Waals surface area contributed by atoms with Crippen LogP contribution in [0, 0.1) is 11.8 Å². The van der Waals surface area contributed by atoms with E-state index in [9.17, 15) is 0 Å². The Morgan fingerprint density at radius 1 is 1.47 bits per heavy atom. The lowest BCUT2D eigenvalue weighted by molar-refractivity contribution is 0.664. The number of aliphatic imine (C=N–C) groups is 1. The van der Waals surface area contributed by atoms with Crippen LogP contribution in [0.4, 0.5) is 0 Å². The lowest BCUT2D eigenvalue weighted by atomic mass is 10.2. The van der Waals surface area contributed by atoms with Gasteiger partial charge in [-0.15, -0.1) is 0 Å². The molecule has 1 aliphatic heterocycles. The number of hydrogen-bond acceptors (Lipinski definition) is 3. The summed E-state index contributed by atoms with van der Waals surface area (Å²) in [5, 5.41) is 5.67. The number of rotatable bonds is 4. The number of hydrogen-bond donors (Lipinski definition) is 1. The van der Waals surface area contributed by atoms with Crippen molar-refractivity contribution in [3.05, 3.63) is 0 Å². The van der Waals surface area contributed by atoms with E-state index in [1.165, 1.54) is 37.3 Å². The van der Waals surface area contributed by atoms with E-state index in [1.54, 1.807) is 0 Å². The highest BCUT2D eigenvalue weighted by molar-refractivity contribution is 8.14. The third-order valence-corrected chi connectivity index (χ3v) is 5.02. The van der Waals surface area contributed by atoms with Gasteiger partial charge in [0.05, 0.1) is 6.54 Å². The zero-order valence-corrected chi connectivity index (χ0v) is 10.2. The van der Waals surface area contributed by atoms with Crippen molar-refractivity contribution >= 4 is 16.9 Å². The predicted molar refractivity (Wildman–Crippen MR) is 66.3 cm³/mol. The number of amidine groups is 1. The first-order valence-corrected chi connectivity index (χ1v) is 7.22. The molecule has 15 heavy (non-hydrogen) atoms. The summed E-state index contributed by atoms with van der Waals surface area (Å²) in [5.74, 6) is 1.93. The molecule has 84 valence electrons. The fourth-order valence-electron chi connectivity index (χ4n) is 2.46. The number of thioether (sulfide) groups is 1. The average Bonchev–Trinajstić information content (AvgIpc) is 3.12. The molecule has 3 unspecified atom stereocenters. The van der Waals surface area contributed by atoms with E-state index in [2.05, 4.69) is 17.2 Å². The second-order valence-corrected chi connectivity index (χ2v) is 6.40. The molecule has 3 aliphatic rings. The maximum Gasteiger partial charge on any atom is 0.157 e. The third-order valence-electron chi connectivity index (χ3n) is 3.72. The van der Waals surface area contributed by atoms with Crippen molar-refractivity contribution in [2.24, 2.45) is 16.8 Å². The van der Waals surface area contributed by atoms with Crippen LogP contribution in [-0.2, 0) is 0 Å². The second kappa shape index (κ2) is 4.00. The minimum Gasteiger partial charge on any atom is -0.362 e. The molecular weight excluding hydrogens is 204 g/mol. The van der Waals surface area contributed by atoms with Crippen LogP contribution in [0.25, 0.3) is 0 Å². The van der Waals surface area contributed by atoms with Gasteiger partial charge in [0, 0.05) is 11.3 Å². The second-order valence-electron chi connectivity index (χ2n) is 5.17. The molecule has 2 nitrogen and oxygen atoms in total. The van der Waals surface area contributed by atoms with Crippen molar-refractivity contribution in [1.82, 2.24) is 5.32 Å². The summed E-state index contributed by atoms with van der Waals surface area (Å²) in [6.45, 7) is 3.35. The lowest BCUT2D eigenvalue weighted by Gasteiger charge is -2.07. The van der Waals surface area contributed by atoms with Gasteiger partial charge in [0.15, 0.2) is 5.17 Å². The van der Waals surface area contributed by atoms with Crippen molar-refractivity contribution in [2.75, 3.05) is 6.54 Å². The van der Waals surface area contributed by atoms with Crippen LogP contribution in [0.2, 0.25) is 0 Å². The van der Waals surface area contributed by atoms with Crippen LogP contribution in [0.1, 0.15) is 39.0 Å². The molecule has 0 saturated heterocycles. The predicted octanol–water partition coefficient (Wildman–Crippen LogP) is 2.65. The van der Waals surface area contributed by atoms with Crippen LogP contribution in [0.3, 0.4) is 0 Å². The van der Waals surface area contributed by atoms with E-state index in [1.807, 2.05) is 11.8 Å². The molecule has 0 spiro atoms. The van der Waals surface area contributed by atoms with E-state index in [4.69, 9.17) is 0 Å². The van der Waals surface area contributed by atoms with Gasteiger partial charge >= 0.3 is 0 Å². The molecule has 3 rings (SSSR count). The molecule has 0 amide bonds. The minimum absolute atomic E-state index is 0.758. The monoisotopic (exact) mass is 224 g/mol. The molecule has 0 aromatic heterocycles. The van der Waals surface area contributed by atoms with Gasteiger partial charge in [-0.25, -0.2) is 0 Å². The fraction of sp³-hybridized carbons (Fsp3) is 0.917. The Bertz CT molecular complexity index is 273. The quantitative estimate of drug-likeness (QED) is 0.794. The molecule has 0 aromatic carbocycles. The van der Waals surface area contributed by atoms with Gasteiger partial charge in [0.1, 0.15) is 0 Å². The summed E-state index contributed by atoms with van der Waals surface area (Å²) < 4.78 is 0. The first-order chi connectivity index (χ1) is 7.36. The maximum atomic E-state index is 4.62. The molecule has 3 heteroatoms. The van der Waals surface area contributed by atoms with E-state index in [0.29, 0.717) is 0 Å². The molecule has 1 N–H and O–H groups in total. The number of nitrogens with zero attached hydrogens (tertiary/aromatic N) is 1. The maximum absolute atomic E-state index is 4.62. The van der Waals surface area contributed by atoms with E-state index < -0.39 is 0 Å². The Morgan fingerprint density at radius 3 is 3.07 bits per heavy atom. The van der Waals surface area contributed by atoms with Gasteiger partial charge in [-0.2, -0.15) is 0 Å². The summed E-state index contributed by atoms with van der Waals surface area (Å²) in [4.78, 5) is 4.62. The molecule has 0 bridgehead atoms. The van der Waals surface area contributed by atoms with Crippen molar-refractivity contribution in [1.29, 1.82) is 0 Å². The third kappa shape index (κ3) is 2.32. The Morgan fingerprint density at radius 2 is 2.33 bits per heavy atom. The topological polar surface area (TPSA) is 24.4 Å². The smallest absolute Gasteiger partial charge is 0.157 e. The van der Waals surface area contributed by atoms with E-state index in [0.717, 1.165) is 29.7 Å². The molecule has 0 radical (unpaired) electrons. The summed E-state index contributed by atoms with van der Waals surface area (Å²) in [7, 11) is 0. The standard InChI is InChI=1S/C12H20N2S/c1-2-3-9-6-10(9)14-12-13-7-11(15-12)8-4-5-8/h8-11H,2-7H2,1H3,(H,13,14). The highest BCUT2D eigenvalue weighted by Crippen LogP contribution is 2.42. The van der Waals surface area contributed by atoms with Gasteiger partial charge in [-0.05, 0) is 37.5 Å². The number of nitrogens with one attached hydrogen (secondary N) is 1. The molecule has 2 saturated carbocycles. The Labute approximate surface area is 96.3 Å². The van der Waals surface area contributed by atoms with Gasteiger partial charge in [0.25, 0.3) is 0 Å². The zero-order chi connectivity index (χ0) is 10.3. The molecule has 0 aromatic rings. The fourth-order valence-corrected chi connectivity index (χ4v) is 3.73. The Hall–Kier alpha value is -0.180. The molecule has 1 heterocycles. The first-order valence-electron chi connectivity index (χ1n) is 6.34. The van der Waals surface area contributed by atoms with Crippen LogP contribution in [0.5, 0.6) is 0 Å². The van der Waals surface area contributed by atoms with E-state index >= 15 is 0 Å². The summed E-state index contributed by atoms with van der Waals surface area (Å²) >= 11 is 2.01. The molecule has 2 aliphatic carbocycles. The largest absolute Gasteiger partial charge is 0.362 e. The highest BCUT2D eigenvalue weighted by Gasteiger charge is 2.40.